The monoisotopic (exact) mass is 700 g/mol. The van der Waals surface area contributed by atoms with Gasteiger partial charge in [-0.1, -0.05) is 133 Å². The Hall–Kier alpha value is -2.14. The summed E-state index contributed by atoms with van der Waals surface area (Å²) in [4.78, 5) is 0. The van der Waals surface area contributed by atoms with Crippen molar-refractivity contribution in [3.8, 4) is 0 Å². The molecule has 8 nitrogen and oxygen atoms in total. The molecule has 272 valence electrons. The van der Waals surface area contributed by atoms with Gasteiger partial charge in [-0.15, -0.1) is 5.43 Å². The van der Waals surface area contributed by atoms with Crippen LogP contribution in [0.2, 0.25) is 0 Å². The smallest absolute Gasteiger partial charge is 0.377 e. The molecule has 0 unspecified atom stereocenters. The average molecular weight is 701 g/mol. The van der Waals surface area contributed by atoms with Gasteiger partial charge in [0.1, 0.15) is 0 Å². The Labute approximate surface area is 325 Å². The number of benzene rings is 3. The van der Waals surface area contributed by atoms with Crippen molar-refractivity contribution in [2.24, 2.45) is 5.22 Å². The van der Waals surface area contributed by atoms with Crippen molar-refractivity contribution >= 4 is 11.4 Å². The minimum atomic E-state index is 0. The predicted molar refractivity (Wildman–Crippen MR) is 201 cm³/mol. The number of nitrogens with zero attached hydrogens (tertiary/aromatic N) is 2. The van der Waals surface area contributed by atoms with Crippen molar-refractivity contribution in [1.82, 2.24) is 0 Å². The first-order valence-electron chi connectivity index (χ1n) is 18.0. The van der Waals surface area contributed by atoms with Crippen LogP contribution >= 0.6 is 0 Å². The summed E-state index contributed by atoms with van der Waals surface area (Å²) in [6.07, 6.45) is 0. The molecule has 1 saturated heterocycles. The molecule has 0 saturated carbocycles. The minimum Gasteiger partial charge on any atom is -0.377 e. The molecule has 0 spiro atoms. The topological polar surface area (TPSA) is 86.6 Å². The maximum Gasteiger partial charge on any atom is 1.00 e. The van der Waals surface area contributed by atoms with Gasteiger partial charge in [-0.2, -0.15) is 0 Å². The first-order chi connectivity index (χ1) is 23.6. The fourth-order valence-electron chi connectivity index (χ4n) is 5.07. The van der Waals surface area contributed by atoms with Crippen molar-refractivity contribution in [2.45, 2.75) is 86.0 Å². The van der Waals surface area contributed by atoms with Crippen molar-refractivity contribution < 1.29 is 58.4 Å². The number of nitrogens with one attached hydrogen (secondary N) is 1. The van der Waals surface area contributed by atoms with Crippen LogP contribution in [-0.4, -0.2) is 66.1 Å². The van der Waals surface area contributed by atoms with E-state index in [1.54, 1.807) is 0 Å². The van der Waals surface area contributed by atoms with Gasteiger partial charge in [0.2, 0.25) is 0 Å². The Kier molecular flexibility index (Phi) is 25.2. The first-order valence-corrected chi connectivity index (χ1v) is 18.0. The fourth-order valence-corrected chi connectivity index (χ4v) is 5.07. The summed E-state index contributed by atoms with van der Waals surface area (Å²) >= 11 is 0. The number of hydrogen-bond acceptors (Lipinski definition) is 6. The molecule has 3 aromatic rings. The van der Waals surface area contributed by atoms with E-state index in [1.807, 2.05) is 18.2 Å². The van der Waals surface area contributed by atoms with E-state index in [2.05, 4.69) is 127 Å². The van der Waals surface area contributed by atoms with Crippen LogP contribution in [0.3, 0.4) is 0 Å². The van der Waals surface area contributed by atoms with Crippen LogP contribution in [0, 0.1) is 6.92 Å². The van der Waals surface area contributed by atoms with Crippen LogP contribution in [0.1, 0.15) is 107 Å². The average Bonchev–Trinajstić information content (AvgIpc) is 3.09. The molecule has 0 atom stereocenters. The van der Waals surface area contributed by atoms with E-state index in [4.69, 9.17) is 23.7 Å². The molecule has 0 radical (unpaired) electrons. The number of para-hydroxylation sites is 1. The Balaban J connectivity index is 0.000000452. The zero-order chi connectivity index (χ0) is 35.9. The van der Waals surface area contributed by atoms with E-state index < -0.39 is 0 Å². The van der Waals surface area contributed by atoms with Crippen LogP contribution in [-0.2, 0) is 23.7 Å². The SMILES string of the molecule is C1COCCOCCOCCOCCO1.CC(C)c1cccc(C(C)C)c1[N-]N=[NH+]c1c(C(C)C)cccc1C(C)C.Cc1ccccc1.[Na+]. The molecule has 1 fully saturated rings. The molecule has 1 N–H and O–H groups in total. The summed E-state index contributed by atoms with van der Waals surface area (Å²) in [6, 6.07) is 23.2. The number of aryl methyl sites for hydroxylation is 1. The van der Waals surface area contributed by atoms with Crippen LogP contribution in [0.4, 0.5) is 11.4 Å². The first kappa shape index (κ1) is 45.9. The number of hydrogen-bond donors (Lipinski definition) is 1. The molecule has 50 heavy (non-hydrogen) atoms. The van der Waals surface area contributed by atoms with Crippen LogP contribution in [0.15, 0.2) is 72.0 Å². The normalized spacial score (nSPS) is 15.0. The summed E-state index contributed by atoms with van der Waals surface area (Å²) in [5, 5.41) is 7.74. The molecule has 1 aliphatic heterocycles. The second-order valence-corrected chi connectivity index (χ2v) is 13.2. The second-order valence-electron chi connectivity index (χ2n) is 13.2. The summed E-state index contributed by atoms with van der Waals surface area (Å²) in [7, 11) is 0. The van der Waals surface area contributed by atoms with Crippen LogP contribution < -0.4 is 34.7 Å². The molecule has 1 aliphatic rings. The largest absolute Gasteiger partial charge is 1.00 e. The standard InChI is InChI=1S/C24H34N3.C10H20O5.C7H8.Na/c1-15(2)19-11-9-12-20(16(3)4)23(19)25-27-26-24-21(17(5)6)13-10-14-22(24)18(7)8;1-2-12-5-6-14-9-10-15-8-7-13-4-3-11-1;1-7-5-3-2-4-6-7;/h9-18H,1-8H3;1-10H2;2-6H,1H3;/q-1;;;+1/p+1. The second kappa shape index (κ2) is 27.5. The van der Waals surface area contributed by atoms with Gasteiger partial charge in [0.15, 0.2) is 0 Å². The molecule has 4 rings (SSSR count). The summed E-state index contributed by atoms with van der Waals surface area (Å²) < 4.78 is 26.4. The Morgan fingerprint density at radius 1 is 0.480 bits per heavy atom. The van der Waals surface area contributed by atoms with Gasteiger partial charge >= 0.3 is 29.6 Å². The molecule has 1 heterocycles. The number of rotatable bonds is 7. The van der Waals surface area contributed by atoms with E-state index in [1.165, 1.54) is 27.8 Å². The van der Waals surface area contributed by atoms with Gasteiger partial charge < -0.3 is 23.7 Å². The van der Waals surface area contributed by atoms with E-state index >= 15 is 0 Å². The predicted octanol–water partition coefficient (Wildman–Crippen LogP) is 6.05. The zero-order valence-electron chi connectivity index (χ0n) is 32.7. The summed E-state index contributed by atoms with van der Waals surface area (Å²) in [5.41, 5.74) is 13.1. The van der Waals surface area contributed by atoms with Gasteiger partial charge in [0, 0.05) is 0 Å². The van der Waals surface area contributed by atoms with Crippen molar-refractivity contribution in [2.75, 3.05) is 66.1 Å². The zero-order valence-corrected chi connectivity index (χ0v) is 34.7. The molecular weight excluding hydrogens is 637 g/mol. The van der Waals surface area contributed by atoms with E-state index in [-0.39, 0.29) is 29.6 Å². The third-order valence-corrected chi connectivity index (χ3v) is 7.83. The van der Waals surface area contributed by atoms with E-state index in [9.17, 15) is 0 Å². The third kappa shape index (κ3) is 18.4. The maximum absolute atomic E-state index is 5.28. The van der Waals surface area contributed by atoms with Gasteiger partial charge in [0.05, 0.1) is 77.4 Å². The van der Waals surface area contributed by atoms with Gasteiger partial charge in [-0.25, -0.2) is 0 Å². The fraction of sp³-hybridized carbons (Fsp3) is 0.561. The number of ether oxygens (including phenoxy) is 5. The minimum absolute atomic E-state index is 0. The van der Waals surface area contributed by atoms with Gasteiger partial charge in [-0.3, -0.25) is 5.11 Å². The quantitative estimate of drug-likeness (QED) is 0.185. The Bertz CT molecular complexity index is 1210. The van der Waals surface area contributed by atoms with Gasteiger partial charge in [-0.05, 0) is 52.8 Å². The molecule has 3 aromatic carbocycles. The van der Waals surface area contributed by atoms with Crippen molar-refractivity contribution in [1.29, 1.82) is 0 Å². The maximum atomic E-state index is 5.28. The van der Waals surface area contributed by atoms with Crippen molar-refractivity contribution in [3.63, 3.8) is 0 Å². The van der Waals surface area contributed by atoms with E-state index in [0.29, 0.717) is 89.7 Å². The molecular formula is C41H63N3NaO5+. The molecule has 0 bridgehead atoms. The van der Waals surface area contributed by atoms with E-state index in [0.717, 1.165) is 11.4 Å². The van der Waals surface area contributed by atoms with Crippen LogP contribution in [0.25, 0.3) is 5.43 Å². The summed E-state index contributed by atoms with van der Waals surface area (Å²) in [5.74, 6) is 1.67. The summed E-state index contributed by atoms with van der Waals surface area (Å²) in [6.45, 7) is 25.9. The Morgan fingerprint density at radius 2 is 0.800 bits per heavy atom. The molecule has 9 heteroatoms. The third-order valence-electron chi connectivity index (χ3n) is 7.83. The van der Waals surface area contributed by atoms with Crippen molar-refractivity contribution in [3.05, 3.63) is 100.0 Å². The Morgan fingerprint density at radius 3 is 1.08 bits per heavy atom. The molecule has 0 aliphatic carbocycles. The van der Waals surface area contributed by atoms with Crippen LogP contribution in [0.5, 0.6) is 0 Å². The van der Waals surface area contributed by atoms with Gasteiger partial charge in [0.25, 0.3) is 0 Å². The molecule has 0 aromatic heterocycles. The molecule has 0 amide bonds.